The zero-order valence-electron chi connectivity index (χ0n) is 9.12. The highest BCUT2D eigenvalue weighted by molar-refractivity contribution is 7.99. The minimum Gasteiger partial charge on any atom is -0.506 e. The summed E-state index contributed by atoms with van der Waals surface area (Å²) < 4.78 is 0. The van der Waals surface area contributed by atoms with E-state index in [2.05, 4.69) is 0 Å². The smallest absolute Gasteiger partial charge is 0.135 e. The van der Waals surface area contributed by atoms with Crippen molar-refractivity contribution in [2.24, 2.45) is 0 Å². The molecule has 0 aliphatic carbocycles. The molecule has 0 saturated carbocycles. The monoisotopic (exact) mass is 354 g/mol. The molecule has 2 aromatic carbocycles. The molecule has 0 saturated heterocycles. The number of hydrogen-bond acceptors (Lipinski definition) is 3. The molecular formula is C12H6Cl4O2S. The first-order valence-corrected chi connectivity index (χ1v) is 7.25. The Morgan fingerprint density at radius 1 is 0.632 bits per heavy atom. The predicted octanol–water partition coefficient (Wildman–Crippen LogP) is 5.86. The molecule has 100 valence electrons. The molecular weight excluding hydrogens is 350 g/mol. The van der Waals surface area contributed by atoms with Crippen LogP contribution < -0.4 is 0 Å². The zero-order chi connectivity index (χ0) is 14.2. The molecule has 2 rings (SSSR count). The molecule has 0 aromatic heterocycles. The maximum absolute atomic E-state index is 9.42. The van der Waals surface area contributed by atoms with Gasteiger partial charge in [0.2, 0.25) is 0 Å². The molecule has 0 aliphatic heterocycles. The van der Waals surface area contributed by atoms with Gasteiger partial charge in [-0.15, -0.1) is 0 Å². The minimum absolute atomic E-state index is 0.0918. The van der Waals surface area contributed by atoms with E-state index in [-0.39, 0.29) is 21.5 Å². The van der Waals surface area contributed by atoms with E-state index < -0.39 is 0 Å². The maximum Gasteiger partial charge on any atom is 0.135 e. The van der Waals surface area contributed by atoms with E-state index in [1.807, 2.05) is 0 Å². The van der Waals surface area contributed by atoms with E-state index in [0.29, 0.717) is 19.8 Å². The number of hydrogen-bond donors (Lipinski definition) is 2. The fraction of sp³-hybridized carbons (Fsp3) is 0. The first-order chi connectivity index (χ1) is 8.88. The summed E-state index contributed by atoms with van der Waals surface area (Å²) in [7, 11) is 0. The van der Waals surface area contributed by atoms with E-state index in [4.69, 9.17) is 46.4 Å². The molecule has 0 atom stereocenters. The van der Waals surface area contributed by atoms with Gasteiger partial charge in [0.15, 0.2) is 0 Å². The second-order valence-electron chi connectivity index (χ2n) is 3.57. The molecule has 2 aromatic rings. The molecule has 2 N–H and O–H groups in total. The summed E-state index contributed by atoms with van der Waals surface area (Å²) in [6.45, 7) is 0. The average molecular weight is 356 g/mol. The van der Waals surface area contributed by atoms with Gasteiger partial charge in [-0.05, 0) is 12.1 Å². The highest BCUT2D eigenvalue weighted by Gasteiger charge is 2.12. The molecule has 0 fully saturated rings. The number of benzene rings is 2. The normalized spacial score (nSPS) is 10.7. The number of rotatable bonds is 2. The predicted molar refractivity (Wildman–Crippen MR) is 80.4 cm³/mol. The molecule has 7 heteroatoms. The summed E-state index contributed by atoms with van der Waals surface area (Å²) in [6, 6.07) is 5.76. The zero-order valence-corrected chi connectivity index (χ0v) is 13.0. The SMILES string of the molecule is Oc1cc(Cl)c(Sc2cc(Cl)c(O)cc2Cl)cc1Cl. The van der Waals surface area contributed by atoms with E-state index in [1.165, 1.54) is 36.0 Å². The van der Waals surface area contributed by atoms with Gasteiger partial charge in [-0.1, -0.05) is 58.2 Å². The Morgan fingerprint density at radius 2 is 1.00 bits per heavy atom. The molecule has 0 heterocycles. The molecule has 19 heavy (non-hydrogen) atoms. The van der Waals surface area contributed by atoms with Crippen molar-refractivity contribution in [3.8, 4) is 11.5 Å². The molecule has 0 aliphatic rings. The van der Waals surface area contributed by atoms with Crippen LogP contribution in [0.3, 0.4) is 0 Å². The Morgan fingerprint density at radius 3 is 1.37 bits per heavy atom. The molecule has 0 spiro atoms. The minimum atomic E-state index is -0.0918. The Hall–Kier alpha value is -0.450. The summed E-state index contributed by atoms with van der Waals surface area (Å²) in [4.78, 5) is 1.24. The summed E-state index contributed by atoms with van der Waals surface area (Å²) >= 11 is 24.9. The van der Waals surface area contributed by atoms with E-state index in [9.17, 15) is 10.2 Å². The number of aromatic hydroxyl groups is 2. The van der Waals surface area contributed by atoms with Gasteiger partial charge < -0.3 is 10.2 Å². The summed E-state index contributed by atoms with van der Waals surface area (Å²) in [5.41, 5.74) is 0. The molecule has 0 amide bonds. The van der Waals surface area contributed by atoms with Crippen molar-refractivity contribution in [3.63, 3.8) is 0 Å². The van der Waals surface area contributed by atoms with Gasteiger partial charge >= 0.3 is 0 Å². The van der Waals surface area contributed by atoms with Crippen LogP contribution in [0.2, 0.25) is 20.1 Å². The van der Waals surface area contributed by atoms with Gasteiger partial charge in [0.25, 0.3) is 0 Å². The van der Waals surface area contributed by atoms with Crippen LogP contribution in [0.1, 0.15) is 0 Å². The second-order valence-corrected chi connectivity index (χ2v) is 6.28. The van der Waals surface area contributed by atoms with Crippen LogP contribution in [0.5, 0.6) is 11.5 Å². The van der Waals surface area contributed by atoms with E-state index in [1.54, 1.807) is 0 Å². The highest BCUT2D eigenvalue weighted by Crippen LogP contribution is 2.43. The standard InChI is InChI=1S/C12H6Cl4O2S/c13-5-3-11(7(15)1-9(5)17)19-12-4-6(14)10(18)2-8(12)16/h1-4,17-18H. The van der Waals surface area contributed by atoms with Crippen LogP contribution in [-0.4, -0.2) is 10.2 Å². The van der Waals surface area contributed by atoms with Crippen LogP contribution >= 0.6 is 58.2 Å². The van der Waals surface area contributed by atoms with Crippen molar-refractivity contribution < 1.29 is 10.2 Å². The molecule has 0 bridgehead atoms. The summed E-state index contributed by atoms with van der Waals surface area (Å²) in [5, 5.41) is 19.9. The third-order valence-electron chi connectivity index (χ3n) is 2.22. The lowest BCUT2D eigenvalue weighted by Gasteiger charge is -2.09. The Labute approximate surface area is 133 Å². The number of phenols is 2. The molecule has 2 nitrogen and oxygen atoms in total. The van der Waals surface area contributed by atoms with Crippen LogP contribution in [-0.2, 0) is 0 Å². The topological polar surface area (TPSA) is 40.5 Å². The van der Waals surface area contributed by atoms with Crippen LogP contribution in [0.4, 0.5) is 0 Å². The van der Waals surface area contributed by atoms with Crippen LogP contribution in [0, 0.1) is 0 Å². The van der Waals surface area contributed by atoms with Crippen LogP contribution in [0.25, 0.3) is 0 Å². The van der Waals surface area contributed by atoms with Crippen molar-refractivity contribution in [1.29, 1.82) is 0 Å². The second kappa shape index (κ2) is 5.90. The average Bonchev–Trinajstić information content (AvgIpc) is 2.32. The summed E-state index contributed by atoms with van der Waals surface area (Å²) in [5.74, 6) is -0.184. The van der Waals surface area contributed by atoms with Crippen molar-refractivity contribution in [3.05, 3.63) is 44.4 Å². The van der Waals surface area contributed by atoms with Crippen molar-refractivity contribution in [2.45, 2.75) is 9.79 Å². The Bertz CT molecular complexity index is 591. The summed E-state index contributed by atoms with van der Waals surface area (Å²) in [6.07, 6.45) is 0. The molecule has 0 unspecified atom stereocenters. The largest absolute Gasteiger partial charge is 0.506 e. The third kappa shape index (κ3) is 3.36. The fourth-order valence-electron chi connectivity index (χ4n) is 1.31. The van der Waals surface area contributed by atoms with Gasteiger partial charge in [0.05, 0.1) is 20.1 Å². The lowest BCUT2D eigenvalue weighted by Crippen LogP contribution is -1.80. The lowest BCUT2D eigenvalue weighted by molar-refractivity contribution is 0.475. The van der Waals surface area contributed by atoms with Crippen molar-refractivity contribution in [2.75, 3.05) is 0 Å². The van der Waals surface area contributed by atoms with E-state index >= 15 is 0 Å². The first kappa shape index (κ1) is 14.9. The quantitative estimate of drug-likeness (QED) is 0.708. The van der Waals surface area contributed by atoms with Gasteiger partial charge in [0, 0.05) is 21.9 Å². The Balaban J connectivity index is 2.42. The molecule has 0 radical (unpaired) electrons. The van der Waals surface area contributed by atoms with Crippen molar-refractivity contribution >= 4 is 58.2 Å². The number of phenolic OH excluding ortho intramolecular Hbond substituents is 2. The van der Waals surface area contributed by atoms with Gasteiger partial charge in [-0.2, -0.15) is 0 Å². The van der Waals surface area contributed by atoms with E-state index in [0.717, 1.165) is 0 Å². The highest BCUT2D eigenvalue weighted by atomic mass is 35.5. The van der Waals surface area contributed by atoms with Crippen LogP contribution in [0.15, 0.2) is 34.1 Å². The van der Waals surface area contributed by atoms with Gasteiger partial charge in [0.1, 0.15) is 11.5 Å². The Kier molecular flexibility index (Phi) is 4.64. The number of halogens is 4. The van der Waals surface area contributed by atoms with Gasteiger partial charge in [-0.3, -0.25) is 0 Å². The third-order valence-corrected chi connectivity index (χ3v) is 4.79. The fourth-order valence-corrected chi connectivity index (χ4v) is 3.22. The lowest BCUT2D eigenvalue weighted by atomic mass is 10.3. The van der Waals surface area contributed by atoms with Crippen molar-refractivity contribution in [1.82, 2.24) is 0 Å². The van der Waals surface area contributed by atoms with Gasteiger partial charge in [-0.25, -0.2) is 0 Å². The maximum atomic E-state index is 9.42. The first-order valence-electron chi connectivity index (χ1n) is 4.92.